The van der Waals surface area contributed by atoms with E-state index in [0.717, 1.165) is 32.5 Å². The van der Waals surface area contributed by atoms with Crippen molar-refractivity contribution < 1.29 is 24.5 Å². The van der Waals surface area contributed by atoms with Gasteiger partial charge < -0.3 is 25.0 Å². The van der Waals surface area contributed by atoms with Crippen molar-refractivity contribution in [2.24, 2.45) is 0 Å². The van der Waals surface area contributed by atoms with Gasteiger partial charge in [-0.1, -0.05) is 96.0 Å². The molecule has 1 aromatic carbocycles. The van der Waals surface area contributed by atoms with Crippen LogP contribution in [-0.2, 0) is 22.3 Å². The van der Waals surface area contributed by atoms with Crippen LogP contribution in [-0.4, -0.2) is 62.8 Å². The van der Waals surface area contributed by atoms with Crippen LogP contribution in [0.2, 0.25) is 0 Å². The van der Waals surface area contributed by atoms with Crippen LogP contribution in [0.5, 0.6) is 0 Å². The van der Waals surface area contributed by atoms with E-state index in [4.69, 9.17) is 14.6 Å². The molecule has 232 valence electrons. The number of ether oxygens (including phenoxy) is 2. The minimum absolute atomic E-state index is 0.0615. The summed E-state index contributed by atoms with van der Waals surface area (Å²) >= 11 is 0. The van der Waals surface area contributed by atoms with E-state index in [2.05, 4.69) is 17.4 Å². The number of hydrogen-bond acceptors (Lipinski definition) is 5. The molecule has 0 heterocycles. The molecular weight excluding hydrogens is 502 g/mol. The van der Waals surface area contributed by atoms with Gasteiger partial charge in [0, 0.05) is 39.5 Å². The Morgan fingerprint density at radius 2 is 1.10 bits per heavy atom. The molecule has 0 aromatic heterocycles. The molecule has 0 radical (unpaired) electrons. The summed E-state index contributed by atoms with van der Waals surface area (Å²) < 4.78 is 10.2. The number of methoxy groups -OCH3 is 2. The lowest BCUT2D eigenvalue weighted by Gasteiger charge is -2.14. The number of nitrogens with one attached hydrogen (secondary N) is 1. The van der Waals surface area contributed by atoms with Gasteiger partial charge in [-0.15, -0.1) is 0 Å². The fourth-order valence-electron chi connectivity index (χ4n) is 5.22. The summed E-state index contributed by atoms with van der Waals surface area (Å²) in [5.41, 5.74) is 3.31. The first-order valence-corrected chi connectivity index (χ1v) is 16.3. The first kappa shape index (κ1) is 36.6. The van der Waals surface area contributed by atoms with Crippen LogP contribution in [0.25, 0.3) is 0 Å². The molecule has 1 atom stereocenters. The van der Waals surface area contributed by atoms with E-state index < -0.39 is 6.10 Å². The Morgan fingerprint density at radius 1 is 0.675 bits per heavy atom. The Morgan fingerprint density at radius 3 is 1.55 bits per heavy atom. The summed E-state index contributed by atoms with van der Waals surface area (Å²) in [6.07, 6.45) is 24.0. The van der Waals surface area contributed by atoms with Crippen molar-refractivity contribution in [1.29, 1.82) is 0 Å². The molecule has 1 unspecified atom stereocenters. The largest absolute Gasteiger partial charge is 0.394 e. The summed E-state index contributed by atoms with van der Waals surface area (Å²) in [5.74, 6) is -0.187. The first-order chi connectivity index (χ1) is 19.6. The van der Waals surface area contributed by atoms with Gasteiger partial charge in [0.05, 0.1) is 12.7 Å². The summed E-state index contributed by atoms with van der Waals surface area (Å²) in [6.45, 7) is 1.47. The van der Waals surface area contributed by atoms with Gasteiger partial charge in [0.15, 0.2) is 0 Å². The number of aryl methyl sites for hydroxylation is 2. The molecule has 3 N–H and O–H groups in total. The van der Waals surface area contributed by atoms with E-state index in [0.29, 0.717) is 5.56 Å². The van der Waals surface area contributed by atoms with Crippen molar-refractivity contribution in [1.82, 2.24) is 5.32 Å². The Labute approximate surface area is 245 Å². The highest BCUT2D eigenvalue weighted by Crippen LogP contribution is 2.20. The zero-order chi connectivity index (χ0) is 29.1. The van der Waals surface area contributed by atoms with Crippen LogP contribution in [0, 0.1) is 0 Å². The van der Waals surface area contributed by atoms with Gasteiger partial charge in [-0.2, -0.15) is 0 Å². The fraction of sp³-hybridized carbons (Fsp3) is 0.794. The zero-order valence-corrected chi connectivity index (χ0v) is 25.9. The van der Waals surface area contributed by atoms with Crippen molar-refractivity contribution >= 4 is 5.91 Å². The van der Waals surface area contributed by atoms with Gasteiger partial charge in [0.2, 0.25) is 0 Å². The number of hydrogen-bond donors (Lipinski definition) is 3. The Bertz CT molecular complexity index is 726. The normalized spacial score (nSPS) is 12.1. The standard InChI is InChI=1S/C34H61NO5/c1-39-25-19-15-11-7-3-5-9-13-17-21-30-23-24-32(34(38)35-28-33(37)29-36)27-31(30)22-18-14-10-6-4-8-12-16-20-26-40-2/h23-24,27,33,36-37H,3-22,25-26,28-29H2,1-2H3,(H,35,38). The average molecular weight is 564 g/mol. The van der Waals surface area contributed by atoms with Crippen LogP contribution in [0.15, 0.2) is 18.2 Å². The lowest BCUT2D eigenvalue weighted by atomic mass is 9.94. The molecule has 0 saturated carbocycles. The number of aliphatic hydroxyl groups excluding tert-OH is 2. The smallest absolute Gasteiger partial charge is 0.251 e. The molecule has 40 heavy (non-hydrogen) atoms. The van der Waals surface area contributed by atoms with Gasteiger partial charge in [-0.25, -0.2) is 0 Å². The number of rotatable bonds is 28. The fourth-order valence-corrected chi connectivity index (χ4v) is 5.22. The van der Waals surface area contributed by atoms with Gasteiger partial charge in [-0.3, -0.25) is 4.79 Å². The monoisotopic (exact) mass is 563 g/mol. The molecule has 0 aliphatic carbocycles. The van der Waals surface area contributed by atoms with Crippen LogP contribution < -0.4 is 5.32 Å². The minimum atomic E-state index is -0.927. The lowest BCUT2D eigenvalue weighted by molar-refractivity contribution is 0.0802. The summed E-state index contributed by atoms with van der Waals surface area (Å²) in [7, 11) is 3.55. The number of benzene rings is 1. The van der Waals surface area contributed by atoms with E-state index in [1.807, 2.05) is 6.07 Å². The predicted molar refractivity (Wildman–Crippen MR) is 166 cm³/mol. The molecular formula is C34H61NO5. The Kier molecular flexibility index (Phi) is 24.2. The number of unbranched alkanes of at least 4 members (excludes halogenated alkanes) is 16. The second-order valence-electron chi connectivity index (χ2n) is 11.4. The van der Waals surface area contributed by atoms with Crippen LogP contribution in [0.1, 0.15) is 137 Å². The van der Waals surface area contributed by atoms with E-state index in [-0.39, 0.29) is 19.1 Å². The second kappa shape index (κ2) is 26.4. The molecule has 6 heteroatoms. The molecule has 0 fully saturated rings. The van der Waals surface area contributed by atoms with Crippen LogP contribution >= 0.6 is 0 Å². The van der Waals surface area contributed by atoms with Crippen molar-refractivity contribution in [3.63, 3.8) is 0 Å². The molecule has 1 rings (SSSR count). The molecule has 0 spiro atoms. The maximum Gasteiger partial charge on any atom is 0.251 e. The maximum absolute atomic E-state index is 12.6. The second-order valence-corrected chi connectivity index (χ2v) is 11.4. The zero-order valence-electron chi connectivity index (χ0n) is 25.9. The number of carbonyl (C=O) groups excluding carboxylic acids is 1. The number of aliphatic hydroxyl groups is 2. The highest BCUT2D eigenvalue weighted by molar-refractivity contribution is 5.94. The maximum atomic E-state index is 12.6. The van der Waals surface area contributed by atoms with E-state index in [1.54, 1.807) is 14.2 Å². The Hall–Kier alpha value is -1.47. The molecule has 0 saturated heterocycles. The molecule has 1 amide bonds. The summed E-state index contributed by atoms with van der Waals surface area (Å²) in [5, 5.41) is 21.3. The number of carbonyl (C=O) groups is 1. The van der Waals surface area contributed by atoms with Gasteiger partial charge in [0.25, 0.3) is 5.91 Å². The van der Waals surface area contributed by atoms with Crippen LogP contribution in [0.3, 0.4) is 0 Å². The van der Waals surface area contributed by atoms with E-state index in [1.165, 1.54) is 120 Å². The SMILES string of the molecule is COCCCCCCCCCCCc1ccc(C(=O)NCC(O)CO)cc1CCCCCCCCCCCOC. The lowest BCUT2D eigenvalue weighted by Crippen LogP contribution is -2.33. The van der Waals surface area contributed by atoms with Gasteiger partial charge >= 0.3 is 0 Å². The summed E-state index contributed by atoms with van der Waals surface area (Å²) in [4.78, 5) is 12.6. The molecule has 0 aliphatic rings. The molecule has 6 nitrogen and oxygen atoms in total. The third kappa shape index (κ3) is 19.6. The van der Waals surface area contributed by atoms with Crippen molar-refractivity contribution in [3.05, 3.63) is 34.9 Å². The van der Waals surface area contributed by atoms with Gasteiger partial charge in [-0.05, 0) is 61.8 Å². The topological polar surface area (TPSA) is 88.0 Å². The minimum Gasteiger partial charge on any atom is -0.394 e. The van der Waals surface area contributed by atoms with E-state index in [9.17, 15) is 9.90 Å². The first-order valence-electron chi connectivity index (χ1n) is 16.3. The van der Waals surface area contributed by atoms with Crippen molar-refractivity contribution in [2.75, 3.05) is 40.6 Å². The van der Waals surface area contributed by atoms with Gasteiger partial charge in [0.1, 0.15) is 0 Å². The average Bonchev–Trinajstić information content (AvgIpc) is 2.97. The molecule has 1 aromatic rings. The highest BCUT2D eigenvalue weighted by Gasteiger charge is 2.12. The van der Waals surface area contributed by atoms with Crippen molar-refractivity contribution in [2.45, 2.75) is 135 Å². The summed E-state index contributed by atoms with van der Waals surface area (Å²) in [6, 6.07) is 6.10. The third-order valence-corrected chi connectivity index (χ3v) is 7.77. The quantitative estimate of drug-likeness (QED) is 0.0941. The molecule has 0 aliphatic heterocycles. The Balaban J connectivity index is 2.43. The highest BCUT2D eigenvalue weighted by atomic mass is 16.5. The third-order valence-electron chi connectivity index (χ3n) is 7.77. The van der Waals surface area contributed by atoms with E-state index >= 15 is 0 Å². The molecule has 0 bridgehead atoms. The number of amides is 1. The van der Waals surface area contributed by atoms with Crippen molar-refractivity contribution in [3.8, 4) is 0 Å². The predicted octanol–water partition coefficient (Wildman–Crippen LogP) is 7.17. The van der Waals surface area contributed by atoms with Crippen LogP contribution in [0.4, 0.5) is 0 Å².